The minimum absolute atomic E-state index is 0.277. The van der Waals surface area contributed by atoms with Crippen LogP contribution in [0.5, 0.6) is 5.75 Å². The van der Waals surface area contributed by atoms with Crippen LogP contribution in [0, 0.1) is 5.82 Å². The normalized spacial score (nSPS) is 14.1. The molecule has 0 spiro atoms. The number of rotatable bonds is 2. The fourth-order valence-corrected chi connectivity index (χ4v) is 2.40. The van der Waals surface area contributed by atoms with Gasteiger partial charge in [-0.05, 0) is 18.5 Å². The Morgan fingerprint density at radius 1 is 1.50 bits per heavy atom. The molecule has 0 amide bonds. The van der Waals surface area contributed by atoms with E-state index in [1.54, 1.807) is 0 Å². The molecule has 0 atom stereocenters. The van der Waals surface area contributed by atoms with E-state index in [0.717, 1.165) is 34.9 Å². The quantitative estimate of drug-likeness (QED) is 0.810. The largest absolute Gasteiger partial charge is 0.490 e. The van der Waals surface area contributed by atoms with Crippen molar-refractivity contribution in [3.05, 3.63) is 29.2 Å². The van der Waals surface area contributed by atoms with Crippen LogP contribution in [-0.4, -0.2) is 18.1 Å². The van der Waals surface area contributed by atoms with Gasteiger partial charge in [0.15, 0.2) is 11.6 Å². The first-order chi connectivity index (χ1) is 7.81. The molecule has 16 heavy (non-hydrogen) atoms. The molecule has 1 aliphatic rings. The maximum absolute atomic E-state index is 13.6. The standard InChI is InChI=1S/C12H13FN2O/c13-9-5-10-11(7(1-3-14)6-15-10)8-2-4-16-12(8)9/h5-6,15H,1-4,14H2. The van der Waals surface area contributed by atoms with E-state index in [2.05, 4.69) is 4.98 Å². The SMILES string of the molecule is NCCc1c[nH]c2cc(F)c3c(c12)CCO3. The van der Waals surface area contributed by atoms with Gasteiger partial charge in [-0.25, -0.2) is 4.39 Å². The van der Waals surface area contributed by atoms with Gasteiger partial charge in [0.25, 0.3) is 0 Å². The number of H-pyrrole nitrogens is 1. The third kappa shape index (κ3) is 1.23. The van der Waals surface area contributed by atoms with Crippen molar-refractivity contribution in [1.29, 1.82) is 0 Å². The van der Waals surface area contributed by atoms with Crippen molar-refractivity contribution < 1.29 is 9.13 Å². The maximum Gasteiger partial charge on any atom is 0.167 e. The van der Waals surface area contributed by atoms with Gasteiger partial charge < -0.3 is 15.5 Å². The Bertz CT molecular complexity index is 547. The summed E-state index contributed by atoms with van der Waals surface area (Å²) in [6, 6.07) is 1.50. The van der Waals surface area contributed by atoms with Gasteiger partial charge in [0.2, 0.25) is 0 Å². The summed E-state index contributed by atoms with van der Waals surface area (Å²) < 4.78 is 19.0. The minimum atomic E-state index is -0.277. The van der Waals surface area contributed by atoms with E-state index in [-0.39, 0.29) is 5.82 Å². The van der Waals surface area contributed by atoms with Crippen LogP contribution in [0.15, 0.2) is 12.3 Å². The van der Waals surface area contributed by atoms with Crippen molar-refractivity contribution in [3.63, 3.8) is 0 Å². The van der Waals surface area contributed by atoms with Crippen molar-refractivity contribution >= 4 is 10.9 Å². The fourth-order valence-electron chi connectivity index (χ4n) is 2.40. The second-order valence-electron chi connectivity index (χ2n) is 4.04. The first kappa shape index (κ1) is 9.66. The molecular weight excluding hydrogens is 207 g/mol. The number of benzene rings is 1. The van der Waals surface area contributed by atoms with E-state index >= 15 is 0 Å². The zero-order valence-corrected chi connectivity index (χ0v) is 8.85. The monoisotopic (exact) mass is 220 g/mol. The number of ether oxygens (including phenoxy) is 1. The number of nitrogens with two attached hydrogens (primary N) is 1. The van der Waals surface area contributed by atoms with Gasteiger partial charge in [0.05, 0.1) is 6.61 Å². The van der Waals surface area contributed by atoms with Crippen LogP contribution in [0.2, 0.25) is 0 Å². The number of hydrogen-bond donors (Lipinski definition) is 2. The third-order valence-corrected chi connectivity index (χ3v) is 3.07. The van der Waals surface area contributed by atoms with Crippen LogP contribution in [0.3, 0.4) is 0 Å². The van der Waals surface area contributed by atoms with E-state index < -0.39 is 0 Å². The number of hydrogen-bond acceptors (Lipinski definition) is 2. The van der Waals surface area contributed by atoms with Crippen LogP contribution >= 0.6 is 0 Å². The van der Waals surface area contributed by atoms with Gasteiger partial charge in [-0.1, -0.05) is 0 Å². The number of nitrogens with one attached hydrogen (secondary N) is 1. The van der Waals surface area contributed by atoms with Crippen LogP contribution in [0.25, 0.3) is 10.9 Å². The molecule has 0 aliphatic carbocycles. The van der Waals surface area contributed by atoms with E-state index in [1.807, 2.05) is 6.20 Å². The first-order valence-electron chi connectivity index (χ1n) is 5.45. The molecule has 0 bridgehead atoms. The third-order valence-electron chi connectivity index (χ3n) is 3.07. The zero-order valence-electron chi connectivity index (χ0n) is 8.85. The molecule has 3 N–H and O–H groups in total. The summed E-state index contributed by atoms with van der Waals surface area (Å²) in [6.07, 6.45) is 3.49. The molecule has 0 radical (unpaired) electrons. The molecule has 0 fully saturated rings. The van der Waals surface area contributed by atoms with Crippen molar-refractivity contribution in [2.45, 2.75) is 12.8 Å². The van der Waals surface area contributed by atoms with Crippen molar-refractivity contribution in [2.75, 3.05) is 13.2 Å². The predicted molar refractivity (Wildman–Crippen MR) is 60.2 cm³/mol. The van der Waals surface area contributed by atoms with E-state index in [1.165, 1.54) is 6.07 Å². The van der Waals surface area contributed by atoms with Crippen molar-refractivity contribution in [2.24, 2.45) is 5.73 Å². The summed E-state index contributed by atoms with van der Waals surface area (Å²) in [5.74, 6) is 0.145. The lowest BCUT2D eigenvalue weighted by Gasteiger charge is -2.04. The summed E-state index contributed by atoms with van der Waals surface area (Å²) in [7, 11) is 0. The lowest BCUT2D eigenvalue weighted by atomic mass is 10.0. The van der Waals surface area contributed by atoms with E-state index in [0.29, 0.717) is 18.9 Å². The predicted octanol–water partition coefficient (Wildman–Crippen LogP) is 1.74. The molecule has 4 heteroatoms. The lowest BCUT2D eigenvalue weighted by molar-refractivity contribution is 0.339. The van der Waals surface area contributed by atoms with Gasteiger partial charge in [0, 0.05) is 35.2 Å². The van der Waals surface area contributed by atoms with Gasteiger partial charge in [-0.15, -0.1) is 0 Å². The van der Waals surface area contributed by atoms with Crippen LogP contribution in [-0.2, 0) is 12.8 Å². The Labute approximate surface area is 92.4 Å². The first-order valence-corrected chi connectivity index (χ1v) is 5.45. The highest BCUT2D eigenvalue weighted by Crippen LogP contribution is 2.36. The molecular formula is C12H13FN2O. The molecule has 3 rings (SSSR count). The summed E-state index contributed by atoms with van der Waals surface area (Å²) >= 11 is 0. The summed E-state index contributed by atoms with van der Waals surface area (Å²) in [5, 5.41) is 1.10. The average molecular weight is 220 g/mol. The highest BCUT2D eigenvalue weighted by molar-refractivity contribution is 5.89. The summed E-state index contributed by atoms with van der Waals surface area (Å²) in [5.41, 5.74) is 8.54. The number of halogens is 1. The fraction of sp³-hybridized carbons (Fsp3) is 0.333. The van der Waals surface area contributed by atoms with Gasteiger partial charge in [-0.3, -0.25) is 0 Å². The molecule has 1 aliphatic heterocycles. The molecule has 2 aromatic rings. The van der Waals surface area contributed by atoms with Gasteiger partial charge in [0.1, 0.15) is 0 Å². The molecule has 0 saturated carbocycles. The summed E-state index contributed by atoms with van der Waals surface area (Å²) in [4.78, 5) is 3.09. The van der Waals surface area contributed by atoms with Crippen LogP contribution < -0.4 is 10.5 Å². The molecule has 3 nitrogen and oxygen atoms in total. The number of aromatic nitrogens is 1. The molecule has 0 unspecified atom stereocenters. The lowest BCUT2D eigenvalue weighted by Crippen LogP contribution is -2.02. The maximum atomic E-state index is 13.6. The Morgan fingerprint density at radius 2 is 2.38 bits per heavy atom. The Kier molecular flexibility index (Phi) is 2.11. The second-order valence-corrected chi connectivity index (χ2v) is 4.04. The molecule has 84 valence electrons. The Hall–Kier alpha value is -1.55. The van der Waals surface area contributed by atoms with Gasteiger partial charge >= 0.3 is 0 Å². The Morgan fingerprint density at radius 3 is 3.19 bits per heavy atom. The Balaban J connectivity index is 2.30. The van der Waals surface area contributed by atoms with Gasteiger partial charge in [-0.2, -0.15) is 0 Å². The summed E-state index contributed by atoms with van der Waals surface area (Å²) in [6.45, 7) is 1.17. The van der Waals surface area contributed by atoms with E-state index in [4.69, 9.17) is 10.5 Å². The average Bonchev–Trinajstić information content (AvgIpc) is 2.85. The number of fused-ring (bicyclic) bond motifs is 3. The van der Waals surface area contributed by atoms with Crippen molar-refractivity contribution in [1.82, 2.24) is 4.98 Å². The topological polar surface area (TPSA) is 51.0 Å². The van der Waals surface area contributed by atoms with E-state index in [9.17, 15) is 4.39 Å². The molecule has 2 heterocycles. The minimum Gasteiger partial charge on any atom is -0.490 e. The van der Waals surface area contributed by atoms with Crippen LogP contribution in [0.1, 0.15) is 11.1 Å². The number of aromatic amines is 1. The molecule has 1 aromatic carbocycles. The smallest absolute Gasteiger partial charge is 0.167 e. The zero-order chi connectivity index (χ0) is 11.1. The molecule has 1 aromatic heterocycles. The van der Waals surface area contributed by atoms with Crippen molar-refractivity contribution in [3.8, 4) is 5.75 Å². The van der Waals surface area contributed by atoms with Crippen LogP contribution in [0.4, 0.5) is 4.39 Å². The second kappa shape index (κ2) is 3.49. The highest BCUT2D eigenvalue weighted by atomic mass is 19.1. The molecule has 0 saturated heterocycles. The highest BCUT2D eigenvalue weighted by Gasteiger charge is 2.22.